The summed E-state index contributed by atoms with van der Waals surface area (Å²) in [6.45, 7) is 11.8. The van der Waals surface area contributed by atoms with E-state index in [1.807, 2.05) is 32.6 Å². The molecule has 3 heterocycles. The van der Waals surface area contributed by atoms with Crippen LogP contribution in [0, 0.1) is 18.3 Å². The molecule has 0 saturated carbocycles. The van der Waals surface area contributed by atoms with E-state index in [1.54, 1.807) is 4.90 Å². The molecule has 0 aliphatic carbocycles. The number of piperazine rings is 1. The lowest BCUT2D eigenvalue weighted by Gasteiger charge is -2.37. The normalized spacial score (nSPS) is 17.5. The van der Waals surface area contributed by atoms with Gasteiger partial charge < -0.3 is 24.6 Å². The maximum atomic E-state index is 12.5. The van der Waals surface area contributed by atoms with Gasteiger partial charge in [-0.1, -0.05) is 0 Å². The monoisotopic (exact) mass is 443 g/mol. The number of rotatable bonds is 6. The number of aryl methyl sites for hydroxylation is 1. The van der Waals surface area contributed by atoms with Crippen LogP contribution in [0.3, 0.4) is 0 Å². The third kappa shape index (κ3) is 5.37. The number of carbonyl (C=O) groups is 2. The fourth-order valence-electron chi connectivity index (χ4n) is 4.12. The number of pyridine rings is 1. The first-order valence-electron chi connectivity index (χ1n) is 11.2. The molecular formula is C23H33N5O4. The molecule has 0 bridgehead atoms. The standard InChI is InChI=1S/C23H33N5O4/c1-5-31-12-6-7-25-21(29)22(30)28-10-8-27(9-11-28)20-18(14-24)17-13-23(3,4)32-15-19(17)16(2)26-20/h5-13,15H2,1-4H3,(H,25,29). The predicted octanol–water partition coefficient (Wildman–Crippen LogP) is 1.30. The van der Waals surface area contributed by atoms with Crippen molar-refractivity contribution in [1.82, 2.24) is 15.2 Å². The number of ether oxygens (including phenoxy) is 2. The van der Waals surface area contributed by atoms with E-state index in [4.69, 9.17) is 14.5 Å². The second-order valence-corrected chi connectivity index (χ2v) is 8.78. The van der Waals surface area contributed by atoms with Gasteiger partial charge in [0.25, 0.3) is 0 Å². The van der Waals surface area contributed by atoms with E-state index in [9.17, 15) is 14.9 Å². The Bertz CT molecular complexity index is 901. The molecule has 0 spiro atoms. The molecule has 1 aromatic rings. The van der Waals surface area contributed by atoms with Gasteiger partial charge in [-0.2, -0.15) is 5.26 Å². The first kappa shape index (κ1) is 24.0. The van der Waals surface area contributed by atoms with Crippen molar-refractivity contribution in [3.05, 3.63) is 22.4 Å². The summed E-state index contributed by atoms with van der Waals surface area (Å²) >= 11 is 0. The number of amides is 2. The summed E-state index contributed by atoms with van der Waals surface area (Å²) in [5, 5.41) is 12.6. The van der Waals surface area contributed by atoms with Gasteiger partial charge in [-0.05, 0) is 39.7 Å². The smallest absolute Gasteiger partial charge is 0.312 e. The number of nitriles is 1. The molecule has 1 aromatic heterocycles. The molecule has 1 fully saturated rings. The Balaban J connectivity index is 1.64. The van der Waals surface area contributed by atoms with Gasteiger partial charge in [0.15, 0.2) is 0 Å². The molecule has 9 heteroatoms. The van der Waals surface area contributed by atoms with Crippen molar-refractivity contribution < 1.29 is 19.1 Å². The van der Waals surface area contributed by atoms with Crippen LogP contribution in [0.2, 0.25) is 0 Å². The van der Waals surface area contributed by atoms with Crippen molar-refractivity contribution in [2.45, 2.75) is 52.7 Å². The lowest BCUT2D eigenvalue weighted by molar-refractivity contribution is -0.146. The molecule has 32 heavy (non-hydrogen) atoms. The Hall–Kier alpha value is -2.70. The zero-order chi connectivity index (χ0) is 23.3. The van der Waals surface area contributed by atoms with E-state index in [-0.39, 0.29) is 5.60 Å². The molecule has 0 unspecified atom stereocenters. The van der Waals surface area contributed by atoms with Crippen molar-refractivity contribution in [2.75, 3.05) is 50.8 Å². The lowest BCUT2D eigenvalue weighted by atomic mass is 9.88. The third-order valence-electron chi connectivity index (χ3n) is 5.94. The minimum atomic E-state index is -0.586. The van der Waals surface area contributed by atoms with Crippen molar-refractivity contribution in [3.8, 4) is 6.07 Å². The number of aromatic nitrogens is 1. The number of nitrogens with one attached hydrogen (secondary N) is 1. The van der Waals surface area contributed by atoms with E-state index in [1.165, 1.54) is 0 Å². The van der Waals surface area contributed by atoms with Crippen molar-refractivity contribution in [1.29, 1.82) is 5.26 Å². The van der Waals surface area contributed by atoms with Crippen LogP contribution < -0.4 is 10.2 Å². The Morgan fingerprint density at radius 2 is 1.97 bits per heavy atom. The van der Waals surface area contributed by atoms with Crippen LogP contribution >= 0.6 is 0 Å². The Labute approximate surface area is 189 Å². The summed E-state index contributed by atoms with van der Waals surface area (Å²) in [4.78, 5) is 33.0. The van der Waals surface area contributed by atoms with Gasteiger partial charge in [0, 0.05) is 63.6 Å². The van der Waals surface area contributed by atoms with Gasteiger partial charge in [-0.15, -0.1) is 0 Å². The largest absolute Gasteiger partial charge is 0.382 e. The molecule has 2 aliphatic heterocycles. The molecule has 3 rings (SSSR count). The zero-order valence-corrected chi connectivity index (χ0v) is 19.5. The van der Waals surface area contributed by atoms with Gasteiger partial charge in [0.05, 0.1) is 17.8 Å². The van der Waals surface area contributed by atoms with Crippen LogP contribution in [-0.2, 0) is 32.1 Å². The highest BCUT2D eigenvalue weighted by atomic mass is 16.5. The van der Waals surface area contributed by atoms with Crippen molar-refractivity contribution >= 4 is 17.6 Å². The average Bonchev–Trinajstić information content (AvgIpc) is 2.77. The van der Waals surface area contributed by atoms with Gasteiger partial charge in [-0.25, -0.2) is 4.98 Å². The van der Waals surface area contributed by atoms with Crippen molar-refractivity contribution in [2.24, 2.45) is 0 Å². The Kier molecular flexibility index (Phi) is 7.69. The maximum Gasteiger partial charge on any atom is 0.312 e. The Morgan fingerprint density at radius 3 is 2.62 bits per heavy atom. The van der Waals surface area contributed by atoms with Gasteiger partial charge in [0.2, 0.25) is 0 Å². The van der Waals surface area contributed by atoms with Crippen LogP contribution in [0.4, 0.5) is 5.82 Å². The van der Waals surface area contributed by atoms with E-state index < -0.39 is 11.8 Å². The number of carbonyl (C=O) groups excluding carboxylic acids is 2. The maximum absolute atomic E-state index is 12.5. The van der Waals surface area contributed by atoms with Crippen LogP contribution in [0.5, 0.6) is 0 Å². The highest BCUT2D eigenvalue weighted by molar-refractivity contribution is 6.35. The Morgan fingerprint density at radius 1 is 1.25 bits per heavy atom. The molecule has 0 aromatic carbocycles. The summed E-state index contributed by atoms with van der Waals surface area (Å²) in [5.74, 6) is -0.443. The molecule has 9 nitrogen and oxygen atoms in total. The molecule has 1 saturated heterocycles. The SMILES string of the molecule is CCOCCCNC(=O)C(=O)N1CCN(c2nc(C)c3c(c2C#N)CC(C)(C)OC3)CC1. The quantitative estimate of drug-likeness (QED) is 0.522. The number of hydrogen-bond acceptors (Lipinski definition) is 7. The molecule has 0 atom stereocenters. The molecule has 2 amide bonds. The average molecular weight is 444 g/mol. The minimum Gasteiger partial charge on any atom is -0.382 e. The minimum absolute atomic E-state index is 0.329. The molecule has 2 aliphatic rings. The van der Waals surface area contributed by atoms with Crippen LogP contribution in [0.1, 0.15) is 49.6 Å². The first-order valence-corrected chi connectivity index (χ1v) is 11.2. The fourth-order valence-corrected chi connectivity index (χ4v) is 4.12. The molecular weight excluding hydrogens is 410 g/mol. The van der Waals surface area contributed by atoms with E-state index >= 15 is 0 Å². The van der Waals surface area contributed by atoms with Gasteiger partial charge in [0.1, 0.15) is 11.9 Å². The van der Waals surface area contributed by atoms with E-state index in [0.29, 0.717) is 76.8 Å². The summed E-state index contributed by atoms with van der Waals surface area (Å²) in [6, 6.07) is 2.36. The number of fused-ring (bicyclic) bond motifs is 1. The van der Waals surface area contributed by atoms with Crippen LogP contribution in [0.15, 0.2) is 0 Å². The summed E-state index contributed by atoms with van der Waals surface area (Å²) < 4.78 is 11.1. The fraction of sp³-hybridized carbons (Fsp3) is 0.652. The highest BCUT2D eigenvalue weighted by Gasteiger charge is 2.33. The second-order valence-electron chi connectivity index (χ2n) is 8.78. The lowest BCUT2D eigenvalue weighted by Crippen LogP contribution is -2.53. The van der Waals surface area contributed by atoms with E-state index in [2.05, 4.69) is 11.4 Å². The van der Waals surface area contributed by atoms with Gasteiger partial charge in [-0.3, -0.25) is 9.59 Å². The van der Waals surface area contributed by atoms with Crippen LogP contribution in [0.25, 0.3) is 0 Å². The van der Waals surface area contributed by atoms with Crippen LogP contribution in [-0.4, -0.2) is 73.2 Å². The molecule has 0 radical (unpaired) electrons. The molecule has 174 valence electrons. The topological polar surface area (TPSA) is 108 Å². The summed E-state index contributed by atoms with van der Waals surface area (Å²) in [5.41, 5.74) is 3.14. The predicted molar refractivity (Wildman–Crippen MR) is 119 cm³/mol. The molecule has 1 N–H and O–H groups in total. The number of nitrogens with zero attached hydrogens (tertiary/aromatic N) is 4. The van der Waals surface area contributed by atoms with Crippen molar-refractivity contribution in [3.63, 3.8) is 0 Å². The van der Waals surface area contributed by atoms with E-state index in [0.717, 1.165) is 16.8 Å². The summed E-state index contributed by atoms with van der Waals surface area (Å²) in [6.07, 6.45) is 1.33. The number of hydrogen-bond donors (Lipinski definition) is 1. The summed E-state index contributed by atoms with van der Waals surface area (Å²) in [7, 11) is 0. The highest BCUT2D eigenvalue weighted by Crippen LogP contribution is 2.35. The first-order chi connectivity index (χ1) is 15.3. The third-order valence-corrected chi connectivity index (χ3v) is 5.94. The van der Waals surface area contributed by atoms with Gasteiger partial charge >= 0.3 is 11.8 Å². The second kappa shape index (κ2) is 10.3. The number of anilines is 1. The zero-order valence-electron chi connectivity index (χ0n) is 19.5.